The number of ketones is 1. The SMILES string of the molecule is CC(=O)c1ccc(N2CC(C)SC(C)C2)c(Cl)c1. The fourth-order valence-corrected chi connectivity index (χ4v) is 3.98. The van der Waals surface area contributed by atoms with E-state index >= 15 is 0 Å². The van der Waals surface area contributed by atoms with Crippen molar-refractivity contribution in [3.8, 4) is 0 Å². The lowest BCUT2D eigenvalue weighted by molar-refractivity contribution is 0.101. The third-order valence-corrected chi connectivity index (χ3v) is 4.64. The molecule has 0 spiro atoms. The number of rotatable bonds is 2. The Labute approximate surface area is 118 Å². The first-order valence-corrected chi connectivity index (χ1v) is 7.50. The molecule has 1 saturated heterocycles. The lowest BCUT2D eigenvalue weighted by atomic mass is 10.1. The number of thioether (sulfide) groups is 1. The second-order valence-electron chi connectivity index (χ2n) is 4.88. The van der Waals surface area contributed by atoms with Crippen LogP contribution in [0.4, 0.5) is 5.69 Å². The van der Waals surface area contributed by atoms with Gasteiger partial charge < -0.3 is 4.90 Å². The largest absolute Gasteiger partial charge is 0.368 e. The van der Waals surface area contributed by atoms with Gasteiger partial charge in [-0.2, -0.15) is 11.8 Å². The second-order valence-corrected chi connectivity index (χ2v) is 7.17. The first-order valence-electron chi connectivity index (χ1n) is 6.18. The summed E-state index contributed by atoms with van der Waals surface area (Å²) in [6, 6.07) is 5.60. The minimum atomic E-state index is 0.0550. The standard InChI is InChI=1S/C14H18ClNOS/c1-9-7-16(8-10(2)18-9)14-5-4-12(11(3)17)6-13(14)15/h4-6,9-10H,7-8H2,1-3H3. The van der Waals surface area contributed by atoms with Crippen LogP contribution in [0.15, 0.2) is 18.2 Å². The number of carbonyl (C=O) groups excluding carboxylic acids is 1. The van der Waals surface area contributed by atoms with Gasteiger partial charge in [-0.1, -0.05) is 25.4 Å². The van der Waals surface area contributed by atoms with E-state index in [0.717, 1.165) is 18.8 Å². The number of anilines is 1. The molecule has 0 amide bonds. The third kappa shape index (κ3) is 3.01. The molecule has 1 aliphatic rings. The van der Waals surface area contributed by atoms with E-state index in [-0.39, 0.29) is 5.78 Å². The molecule has 2 rings (SSSR count). The van der Waals surface area contributed by atoms with E-state index in [1.54, 1.807) is 13.0 Å². The molecule has 0 N–H and O–H groups in total. The van der Waals surface area contributed by atoms with Crippen molar-refractivity contribution in [1.29, 1.82) is 0 Å². The number of hydrogen-bond donors (Lipinski definition) is 0. The number of hydrogen-bond acceptors (Lipinski definition) is 3. The van der Waals surface area contributed by atoms with Crippen molar-refractivity contribution in [2.75, 3.05) is 18.0 Å². The molecule has 1 aromatic carbocycles. The van der Waals surface area contributed by atoms with E-state index in [1.807, 2.05) is 23.9 Å². The molecule has 0 aromatic heterocycles. The van der Waals surface area contributed by atoms with Crippen molar-refractivity contribution in [1.82, 2.24) is 0 Å². The Hall–Kier alpha value is -0.670. The minimum Gasteiger partial charge on any atom is -0.368 e. The predicted molar refractivity (Wildman–Crippen MR) is 80.2 cm³/mol. The van der Waals surface area contributed by atoms with Gasteiger partial charge >= 0.3 is 0 Å². The van der Waals surface area contributed by atoms with Crippen LogP contribution in [0.3, 0.4) is 0 Å². The molecule has 0 bridgehead atoms. The highest BCUT2D eigenvalue weighted by molar-refractivity contribution is 8.00. The summed E-state index contributed by atoms with van der Waals surface area (Å²) in [6.45, 7) is 8.06. The van der Waals surface area contributed by atoms with Crippen molar-refractivity contribution < 1.29 is 4.79 Å². The van der Waals surface area contributed by atoms with Gasteiger partial charge in [0.1, 0.15) is 0 Å². The smallest absolute Gasteiger partial charge is 0.159 e. The molecule has 2 nitrogen and oxygen atoms in total. The molecule has 0 aliphatic carbocycles. The fraction of sp³-hybridized carbons (Fsp3) is 0.500. The molecule has 18 heavy (non-hydrogen) atoms. The fourth-order valence-electron chi connectivity index (χ4n) is 2.36. The Morgan fingerprint density at radius 1 is 1.33 bits per heavy atom. The summed E-state index contributed by atoms with van der Waals surface area (Å²) < 4.78 is 0. The Morgan fingerprint density at radius 3 is 2.44 bits per heavy atom. The highest BCUT2D eigenvalue weighted by Crippen LogP contribution is 2.33. The summed E-state index contributed by atoms with van der Waals surface area (Å²) in [5.74, 6) is 0.0550. The summed E-state index contributed by atoms with van der Waals surface area (Å²) in [4.78, 5) is 13.6. The summed E-state index contributed by atoms with van der Waals surface area (Å²) >= 11 is 8.32. The monoisotopic (exact) mass is 283 g/mol. The first kappa shape index (κ1) is 13.8. The van der Waals surface area contributed by atoms with Gasteiger partial charge in [0, 0.05) is 29.2 Å². The predicted octanol–water partition coefficient (Wildman–Crippen LogP) is 3.87. The summed E-state index contributed by atoms with van der Waals surface area (Å²) in [5.41, 5.74) is 1.72. The molecule has 1 fully saturated rings. The molecule has 2 unspecified atom stereocenters. The number of nitrogens with zero attached hydrogens (tertiary/aromatic N) is 1. The van der Waals surface area contributed by atoms with Crippen LogP contribution in [0.25, 0.3) is 0 Å². The number of benzene rings is 1. The summed E-state index contributed by atoms with van der Waals surface area (Å²) in [7, 11) is 0. The normalized spacial score (nSPS) is 24.1. The van der Waals surface area contributed by atoms with Crippen molar-refractivity contribution in [3.05, 3.63) is 28.8 Å². The highest BCUT2D eigenvalue weighted by Gasteiger charge is 2.23. The van der Waals surface area contributed by atoms with E-state index in [0.29, 0.717) is 21.1 Å². The van der Waals surface area contributed by atoms with Crippen LogP contribution in [0.5, 0.6) is 0 Å². The Balaban J connectivity index is 2.25. The van der Waals surface area contributed by atoms with Crippen molar-refractivity contribution in [2.45, 2.75) is 31.3 Å². The number of halogens is 1. The first-order chi connectivity index (χ1) is 8.47. The van der Waals surface area contributed by atoms with Gasteiger partial charge in [-0.3, -0.25) is 4.79 Å². The molecular formula is C14H18ClNOS. The quantitative estimate of drug-likeness (QED) is 0.769. The van der Waals surface area contributed by atoms with E-state index in [4.69, 9.17) is 11.6 Å². The molecule has 4 heteroatoms. The molecule has 98 valence electrons. The molecule has 1 aromatic rings. The molecular weight excluding hydrogens is 266 g/mol. The molecule has 0 saturated carbocycles. The van der Waals surface area contributed by atoms with Crippen LogP contribution < -0.4 is 4.90 Å². The van der Waals surface area contributed by atoms with Crippen LogP contribution in [-0.4, -0.2) is 29.4 Å². The van der Waals surface area contributed by atoms with Gasteiger partial charge in [-0.25, -0.2) is 0 Å². The van der Waals surface area contributed by atoms with Crippen LogP contribution in [0, 0.1) is 0 Å². The summed E-state index contributed by atoms with van der Waals surface area (Å²) in [5, 5.41) is 1.89. The lowest BCUT2D eigenvalue weighted by Crippen LogP contribution is -2.40. The lowest BCUT2D eigenvalue weighted by Gasteiger charge is -2.36. The van der Waals surface area contributed by atoms with Gasteiger partial charge in [0.25, 0.3) is 0 Å². The molecule has 0 radical (unpaired) electrons. The third-order valence-electron chi connectivity index (χ3n) is 3.11. The van der Waals surface area contributed by atoms with E-state index in [9.17, 15) is 4.79 Å². The van der Waals surface area contributed by atoms with E-state index in [2.05, 4.69) is 18.7 Å². The highest BCUT2D eigenvalue weighted by atomic mass is 35.5. The van der Waals surface area contributed by atoms with Gasteiger partial charge in [0.15, 0.2) is 5.78 Å². The maximum Gasteiger partial charge on any atom is 0.159 e. The zero-order chi connectivity index (χ0) is 13.3. The molecule has 1 heterocycles. The topological polar surface area (TPSA) is 20.3 Å². The van der Waals surface area contributed by atoms with Crippen molar-refractivity contribution in [2.24, 2.45) is 0 Å². The molecule has 1 aliphatic heterocycles. The second kappa shape index (κ2) is 5.54. The van der Waals surface area contributed by atoms with Crippen molar-refractivity contribution >= 4 is 34.8 Å². The van der Waals surface area contributed by atoms with Gasteiger partial charge in [0.05, 0.1) is 10.7 Å². The average Bonchev–Trinajstić information content (AvgIpc) is 2.27. The maximum atomic E-state index is 11.3. The molecule has 2 atom stereocenters. The summed E-state index contributed by atoms with van der Waals surface area (Å²) in [6.07, 6.45) is 0. The Morgan fingerprint density at radius 2 is 1.94 bits per heavy atom. The number of carbonyl (C=O) groups is 1. The zero-order valence-electron chi connectivity index (χ0n) is 10.9. The van der Waals surface area contributed by atoms with Crippen LogP contribution in [0.2, 0.25) is 5.02 Å². The van der Waals surface area contributed by atoms with Gasteiger partial charge in [-0.15, -0.1) is 0 Å². The van der Waals surface area contributed by atoms with E-state index in [1.165, 1.54) is 0 Å². The van der Waals surface area contributed by atoms with Crippen LogP contribution in [-0.2, 0) is 0 Å². The average molecular weight is 284 g/mol. The van der Waals surface area contributed by atoms with E-state index < -0.39 is 0 Å². The van der Waals surface area contributed by atoms with Crippen molar-refractivity contribution in [3.63, 3.8) is 0 Å². The number of Topliss-reactive ketones (excluding diaryl/α,β-unsaturated/α-hetero) is 1. The Bertz CT molecular complexity index is 453. The Kier molecular flexibility index (Phi) is 4.23. The van der Waals surface area contributed by atoms with Crippen LogP contribution >= 0.6 is 23.4 Å². The maximum absolute atomic E-state index is 11.3. The van der Waals surface area contributed by atoms with Crippen LogP contribution in [0.1, 0.15) is 31.1 Å². The zero-order valence-corrected chi connectivity index (χ0v) is 12.5. The van der Waals surface area contributed by atoms with Gasteiger partial charge in [0.2, 0.25) is 0 Å². The minimum absolute atomic E-state index is 0.0550. The van der Waals surface area contributed by atoms with Gasteiger partial charge in [-0.05, 0) is 25.1 Å².